The standard InChI is InChI=1S/C32H37IN2O5Si/c1-22-30(41(2,3)39)28(19-29(37)34(16-17-36)20-23-10-5-4-6-11-23)40-32(22)26-14-7-8-15-27(26)35(31(32)38)21-24-12-9-13-25(33)18-24/h4-15,18,22,28,30,36,39H,16-17,19-21H2,1-3H3/t22-,28+,30-,32+/m0/s1. The number of rotatable bonds is 9. The first kappa shape index (κ1) is 29.9. The summed E-state index contributed by atoms with van der Waals surface area (Å²) in [7, 11) is -2.91. The zero-order valence-electron chi connectivity index (χ0n) is 23.7. The minimum absolute atomic E-state index is 0.0207. The van der Waals surface area contributed by atoms with Gasteiger partial charge in [-0.15, -0.1) is 0 Å². The van der Waals surface area contributed by atoms with Crippen molar-refractivity contribution in [2.75, 3.05) is 18.1 Å². The summed E-state index contributed by atoms with van der Waals surface area (Å²) in [6.07, 6.45) is -0.622. The second-order valence-corrected chi connectivity index (χ2v) is 16.8. The minimum Gasteiger partial charge on any atom is -0.432 e. The smallest absolute Gasteiger partial charge is 0.264 e. The number of hydrogen-bond donors (Lipinski definition) is 2. The fourth-order valence-corrected chi connectivity index (χ4v) is 9.89. The number of carbonyl (C=O) groups excluding carboxylic acids is 2. The lowest BCUT2D eigenvalue weighted by atomic mass is 9.82. The van der Waals surface area contributed by atoms with E-state index in [-0.39, 0.29) is 42.8 Å². The lowest BCUT2D eigenvalue weighted by Crippen LogP contribution is -2.46. The molecular weight excluding hydrogens is 647 g/mol. The first-order chi connectivity index (χ1) is 19.6. The molecule has 4 atom stereocenters. The van der Waals surface area contributed by atoms with Crippen molar-refractivity contribution >= 4 is 48.4 Å². The lowest BCUT2D eigenvalue weighted by Gasteiger charge is -2.32. The molecule has 3 aromatic rings. The molecule has 2 amide bonds. The normalized spacial score (nSPS) is 23.7. The molecule has 2 aliphatic heterocycles. The molecule has 2 aliphatic rings. The Morgan fingerprint density at radius 3 is 2.41 bits per heavy atom. The summed E-state index contributed by atoms with van der Waals surface area (Å²) in [5, 5.41) is 9.72. The van der Waals surface area contributed by atoms with Crippen LogP contribution in [-0.2, 0) is 33.0 Å². The summed E-state index contributed by atoms with van der Waals surface area (Å²) >= 11 is 2.27. The number of aliphatic hydroxyl groups excluding tert-OH is 1. The number of hydrogen-bond acceptors (Lipinski definition) is 5. The number of benzene rings is 3. The maximum atomic E-state index is 14.5. The van der Waals surface area contributed by atoms with Crippen LogP contribution in [0, 0.1) is 9.49 Å². The molecule has 0 aromatic heterocycles. The molecule has 1 saturated heterocycles. The lowest BCUT2D eigenvalue weighted by molar-refractivity contribution is -0.150. The number of para-hydroxylation sites is 1. The number of amides is 2. The van der Waals surface area contributed by atoms with E-state index in [1.807, 2.05) is 92.8 Å². The fraction of sp³-hybridized carbons (Fsp3) is 0.375. The van der Waals surface area contributed by atoms with Gasteiger partial charge in [0, 0.05) is 33.7 Å². The predicted octanol–water partition coefficient (Wildman–Crippen LogP) is 5.05. The number of fused-ring (bicyclic) bond motifs is 2. The van der Waals surface area contributed by atoms with Gasteiger partial charge in [0.05, 0.1) is 31.4 Å². The Morgan fingerprint density at radius 2 is 1.73 bits per heavy atom. The topological polar surface area (TPSA) is 90.3 Å². The van der Waals surface area contributed by atoms with E-state index in [1.54, 1.807) is 9.80 Å². The van der Waals surface area contributed by atoms with Gasteiger partial charge in [-0.05, 0) is 65.0 Å². The quantitative estimate of drug-likeness (QED) is 0.244. The Labute approximate surface area is 256 Å². The van der Waals surface area contributed by atoms with Gasteiger partial charge in [-0.1, -0.05) is 67.6 Å². The molecule has 1 fully saturated rings. The molecule has 3 aromatic carbocycles. The summed E-state index contributed by atoms with van der Waals surface area (Å²) in [6, 6.07) is 25.5. The molecule has 0 bridgehead atoms. The van der Waals surface area contributed by atoms with Crippen LogP contribution in [0.15, 0.2) is 78.9 Å². The highest BCUT2D eigenvalue weighted by atomic mass is 127. The zero-order chi connectivity index (χ0) is 29.4. The van der Waals surface area contributed by atoms with Gasteiger partial charge in [-0.3, -0.25) is 9.59 Å². The molecule has 0 radical (unpaired) electrons. The Morgan fingerprint density at radius 1 is 1.05 bits per heavy atom. The fourth-order valence-electron chi connectivity index (χ4n) is 6.72. The van der Waals surface area contributed by atoms with E-state index in [0.29, 0.717) is 13.1 Å². The SMILES string of the molecule is C[C@H]1[C@H]([Si](C)(C)O)[C@@H](CC(=O)N(CCO)Cc2ccccc2)O[C@]12C(=O)N(Cc1cccc(I)c1)c1ccccc12. The van der Waals surface area contributed by atoms with E-state index in [1.165, 1.54) is 0 Å². The van der Waals surface area contributed by atoms with Crippen LogP contribution in [0.4, 0.5) is 5.69 Å². The van der Waals surface area contributed by atoms with Crippen molar-refractivity contribution in [2.45, 2.75) is 56.8 Å². The molecular formula is C32H37IN2O5Si. The second-order valence-electron chi connectivity index (χ2n) is 11.6. The maximum absolute atomic E-state index is 14.5. The molecule has 7 nitrogen and oxygen atoms in total. The molecule has 0 saturated carbocycles. The number of ether oxygens (including phenoxy) is 1. The summed E-state index contributed by atoms with van der Waals surface area (Å²) in [5.74, 6) is -0.670. The molecule has 0 unspecified atom stereocenters. The van der Waals surface area contributed by atoms with Crippen molar-refractivity contribution < 1.29 is 24.2 Å². The molecule has 1 spiro atoms. The first-order valence-electron chi connectivity index (χ1n) is 14.0. The van der Waals surface area contributed by atoms with Crippen LogP contribution in [0.25, 0.3) is 0 Å². The Bertz CT molecular complexity index is 1410. The molecule has 9 heteroatoms. The van der Waals surface area contributed by atoms with Crippen molar-refractivity contribution in [1.29, 1.82) is 0 Å². The zero-order valence-corrected chi connectivity index (χ0v) is 26.8. The van der Waals surface area contributed by atoms with E-state index in [4.69, 9.17) is 4.74 Å². The van der Waals surface area contributed by atoms with Crippen LogP contribution in [-0.4, -0.2) is 54.2 Å². The van der Waals surface area contributed by atoms with Gasteiger partial charge in [-0.2, -0.15) is 0 Å². The average molecular weight is 685 g/mol. The Kier molecular flexibility index (Phi) is 8.73. The highest BCUT2D eigenvalue weighted by molar-refractivity contribution is 14.1. The van der Waals surface area contributed by atoms with E-state index in [0.717, 1.165) is 25.9 Å². The minimum atomic E-state index is -2.91. The molecule has 216 valence electrons. The number of nitrogens with zero attached hydrogens (tertiary/aromatic N) is 2. The maximum Gasteiger partial charge on any atom is 0.264 e. The highest BCUT2D eigenvalue weighted by Crippen LogP contribution is 2.59. The van der Waals surface area contributed by atoms with Gasteiger partial charge in [0.15, 0.2) is 13.9 Å². The third-order valence-corrected chi connectivity index (χ3v) is 11.6. The predicted molar refractivity (Wildman–Crippen MR) is 170 cm³/mol. The van der Waals surface area contributed by atoms with Crippen LogP contribution >= 0.6 is 22.6 Å². The Hall–Kier alpha value is -2.57. The molecule has 5 rings (SSSR count). The van der Waals surface area contributed by atoms with Crippen molar-refractivity contribution in [3.63, 3.8) is 0 Å². The number of aliphatic hydroxyl groups is 1. The molecule has 2 N–H and O–H groups in total. The molecule has 0 aliphatic carbocycles. The number of anilines is 1. The van der Waals surface area contributed by atoms with Crippen LogP contribution < -0.4 is 4.90 Å². The summed E-state index contributed by atoms with van der Waals surface area (Å²) in [5.41, 5.74) is 1.93. The summed E-state index contributed by atoms with van der Waals surface area (Å²) in [6.45, 7) is 6.50. The molecule has 2 heterocycles. The average Bonchev–Trinajstić information content (AvgIpc) is 3.36. The second kappa shape index (κ2) is 12.0. The van der Waals surface area contributed by atoms with Crippen molar-refractivity contribution in [3.05, 3.63) is 99.1 Å². The van der Waals surface area contributed by atoms with Crippen LogP contribution in [0.2, 0.25) is 18.6 Å². The van der Waals surface area contributed by atoms with E-state index < -0.39 is 20.0 Å². The van der Waals surface area contributed by atoms with Gasteiger partial charge in [0.2, 0.25) is 5.91 Å². The third kappa shape index (κ3) is 5.74. The van der Waals surface area contributed by atoms with Gasteiger partial charge in [-0.25, -0.2) is 0 Å². The third-order valence-electron chi connectivity index (χ3n) is 8.44. The number of halogens is 1. The van der Waals surface area contributed by atoms with Gasteiger partial charge in [0.1, 0.15) is 0 Å². The van der Waals surface area contributed by atoms with Crippen molar-refractivity contribution in [3.8, 4) is 0 Å². The van der Waals surface area contributed by atoms with Crippen LogP contribution in [0.1, 0.15) is 30.0 Å². The Balaban J connectivity index is 1.48. The van der Waals surface area contributed by atoms with Crippen molar-refractivity contribution in [2.24, 2.45) is 5.92 Å². The van der Waals surface area contributed by atoms with E-state index in [9.17, 15) is 19.5 Å². The monoisotopic (exact) mass is 684 g/mol. The first-order valence-corrected chi connectivity index (χ1v) is 18.1. The van der Waals surface area contributed by atoms with E-state index in [2.05, 4.69) is 28.7 Å². The van der Waals surface area contributed by atoms with Gasteiger partial charge >= 0.3 is 0 Å². The molecule has 41 heavy (non-hydrogen) atoms. The van der Waals surface area contributed by atoms with E-state index >= 15 is 0 Å². The van der Waals surface area contributed by atoms with Crippen LogP contribution in [0.3, 0.4) is 0 Å². The summed E-state index contributed by atoms with van der Waals surface area (Å²) in [4.78, 5) is 43.1. The van der Waals surface area contributed by atoms with Gasteiger partial charge < -0.3 is 24.4 Å². The van der Waals surface area contributed by atoms with Crippen molar-refractivity contribution in [1.82, 2.24) is 4.90 Å². The largest absolute Gasteiger partial charge is 0.432 e. The van der Waals surface area contributed by atoms with Gasteiger partial charge in [0.25, 0.3) is 5.91 Å². The number of carbonyl (C=O) groups is 2. The van der Waals surface area contributed by atoms with Crippen LogP contribution in [0.5, 0.6) is 0 Å². The summed E-state index contributed by atoms with van der Waals surface area (Å²) < 4.78 is 7.91. The highest BCUT2D eigenvalue weighted by Gasteiger charge is 2.66.